The number of nitrogens with one attached hydrogen (secondary N) is 1. The van der Waals surface area contributed by atoms with Crippen LogP contribution in [0.5, 0.6) is 0 Å². The van der Waals surface area contributed by atoms with Crippen molar-refractivity contribution in [3.8, 4) is 22.4 Å². The first-order chi connectivity index (χ1) is 15.3. The van der Waals surface area contributed by atoms with Crippen LogP contribution in [0.4, 0.5) is 10.2 Å². The first kappa shape index (κ1) is 18.9. The highest BCUT2D eigenvalue weighted by molar-refractivity contribution is 5.87. The van der Waals surface area contributed by atoms with Gasteiger partial charge in [0.1, 0.15) is 12.0 Å². The summed E-state index contributed by atoms with van der Waals surface area (Å²) >= 11 is 0. The second-order valence-corrected chi connectivity index (χ2v) is 7.23. The number of anilines is 1. The number of benzene rings is 3. The first-order valence-electron chi connectivity index (χ1n) is 10.0. The molecule has 2 aromatic heterocycles. The summed E-state index contributed by atoms with van der Waals surface area (Å²) in [5.74, 6) is -0.262. The minimum Gasteiger partial charge on any atom is -0.363 e. The molecule has 5 heteroatoms. The summed E-state index contributed by atoms with van der Waals surface area (Å²) in [6.45, 7) is 0.460. The van der Waals surface area contributed by atoms with Crippen molar-refractivity contribution in [2.45, 2.75) is 6.54 Å². The third-order valence-electron chi connectivity index (χ3n) is 5.24. The van der Waals surface area contributed by atoms with Gasteiger partial charge in [0, 0.05) is 24.5 Å². The van der Waals surface area contributed by atoms with Crippen molar-refractivity contribution in [3.63, 3.8) is 0 Å². The maximum atomic E-state index is 15.2. The van der Waals surface area contributed by atoms with Gasteiger partial charge in [0.25, 0.3) is 0 Å². The van der Waals surface area contributed by atoms with Gasteiger partial charge >= 0.3 is 0 Å². The van der Waals surface area contributed by atoms with Gasteiger partial charge in [-0.3, -0.25) is 4.98 Å². The molecule has 150 valence electrons. The Labute approximate surface area is 179 Å². The molecule has 2 heterocycles. The van der Waals surface area contributed by atoms with Crippen molar-refractivity contribution in [2.24, 2.45) is 0 Å². The third-order valence-corrected chi connectivity index (χ3v) is 5.24. The van der Waals surface area contributed by atoms with Crippen LogP contribution in [-0.2, 0) is 6.54 Å². The minimum atomic E-state index is -0.453. The second-order valence-electron chi connectivity index (χ2n) is 7.23. The Balaban J connectivity index is 1.35. The Morgan fingerprint density at radius 1 is 0.710 bits per heavy atom. The van der Waals surface area contributed by atoms with Crippen LogP contribution >= 0.6 is 0 Å². The fourth-order valence-corrected chi connectivity index (χ4v) is 3.58. The van der Waals surface area contributed by atoms with Crippen molar-refractivity contribution in [1.82, 2.24) is 15.0 Å². The van der Waals surface area contributed by atoms with Crippen molar-refractivity contribution in [2.75, 3.05) is 5.32 Å². The van der Waals surface area contributed by atoms with Crippen molar-refractivity contribution in [3.05, 3.63) is 109 Å². The van der Waals surface area contributed by atoms with Gasteiger partial charge < -0.3 is 5.32 Å². The van der Waals surface area contributed by atoms with Crippen LogP contribution in [0.1, 0.15) is 5.56 Å². The van der Waals surface area contributed by atoms with Gasteiger partial charge in [0.15, 0.2) is 11.6 Å². The Morgan fingerprint density at radius 3 is 2.23 bits per heavy atom. The number of fused-ring (bicyclic) bond motifs is 1. The van der Waals surface area contributed by atoms with Crippen LogP contribution in [0.3, 0.4) is 0 Å². The first-order valence-corrected chi connectivity index (χ1v) is 10.0. The lowest BCUT2D eigenvalue weighted by Gasteiger charge is -2.10. The molecule has 1 N–H and O–H groups in total. The van der Waals surface area contributed by atoms with E-state index in [0.717, 1.165) is 33.0 Å². The molecule has 0 unspecified atom stereocenters. The zero-order valence-electron chi connectivity index (χ0n) is 16.7. The van der Waals surface area contributed by atoms with Crippen LogP contribution in [0, 0.1) is 5.82 Å². The van der Waals surface area contributed by atoms with Crippen LogP contribution in [0.15, 0.2) is 97.6 Å². The molecule has 0 aliphatic heterocycles. The van der Waals surface area contributed by atoms with Gasteiger partial charge in [-0.2, -0.15) is 0 Å². The van der Waals surface area contributed by atoms with Crippen LogP contribution in [-0.4, -0.2) is 15.0 Å². The van der Waals surface area contributed by atoms with Crippen molar-refractivity contribution >= 4 is 16.6 Å². The SMILES string of the molecule is Fc1c(NCc2ccc(-c3ccncc3)cc2)ncnc1-c1ccc2ccccc2c1. The van der Waals surface area contributed by atoms with Gasteiger partial charge in [0.05, 0.1) is 0 Å². The molecule has 4 nitrogen and oxygen atoms in total. The molecule has 5 rings (SSSR count). The molecule has 0 fully saturated rings. The number of nitrogens with zero attached hydrogens (tertiary/aromatic N) is 3. The zero-order valence-corrected chi connectivity index (χ0v) is 16.7. The van der Waals surface area contributed by atoms with E-state index in [2.05, 4.69) is 20.3 Å². The second kappa shape index (κ2) is 8.32. The molecule has 0 aliphatic carbocycles. The van der Waals surface area contributed by atoms with E-state index in [1.54, 1.807) is 12.4 Å². The molecule has 5 aromatic rings. The van der Waals surface area contributed by atoms with Gasteiger partial charge in [-0.25, -0.2) is 14.4 Å². The maximum Gasteiger partial charge on any atom is 0.191 e. The monoisotopic (exact) mass is 406 g/mol. The lowest BCUT2D eigenvalue weighted by molar-refractivity contribution is 0.621. The predicted molar refractivity (Wildman–Crippen MR) is 122 cm³/mol. The average Bonchev–Trinajstić information content (AvgIpc) is 2.84. The lowest BCUT2D eigenvalue weighted by atomic mass is 10.0. The van der Waals surface area contributed by atoms with Gasteiger partial charge in [-0.15, -0.1) is 0 Å². The fourth-order valence-electron chi connectivity index (χ4n) is 3.58. The molecule has 0 bridgehead atoms. The summed E-state index contributed by atoms with van der Waals surface area (Å²) in [6.07, 6.45) is 4.94. The summed E-state index contributed by atoms with van der Waals surface area (Å²) in [6, 6.07) is 25.9. The Morgan fingerprint density at radius 2 is 1.42 bits per heavy atom. The van der Waals surface area contributed by atoms with E-state index in [1.807, 2.05) is 78.9 Å². The number of aromatic nitrogens is 3. The molecule has 0 saturated carbocycles. The molecule has 0 atom stereocenters. The largest absolute Gasteiger partial charge is 0.363 e. The molecular weight excluding hydrogens is 387 g/mol. The van der Waals surface area contributed by atoms with Crippen molar-refractivity contribution < 1.29 is 4.39 Å². The van der Waals surface area contributed by atoms with Crippen molar-refractivity contribution in [1.29, 1.82) is 0 Å². The average molecular weight is 406 g/mol. The summed E-state index contributed by atoms with van der Waals surface area (Å²) in [5.41, 5.74) is 4.26. The Hall–Kier alpha value is -4.12. The van der Waals surface area contributed by atoms with Gasteiger partial charge in [-0.1, -0.05) is 60.7 Å². The summed E-state index contributed by atoms with van der Waals surface area (Å²) in [7, 11) is 0. The van der Waals surface area contributed by atoms with E-state index in [0.29, 0.717) is 6.54 Å². The predicted octanol–water partition coefficient (Wildman–Crippen LogP) is 6.11. The normalized spacial score (nSPS) is 10.9. The zero-order chi connectivity index (χ0) is 21.0. The van der Waals surface area contributed by atoms with Crippen LogP contribution in [0.2, 0.25) is 0 Å². The topological polar surface area (TPSA) is 50.7 Å². The molecule has 0 radical (unpaired) electrons. The number of hydrogen-bond donors (Lipinski definition) is 1. The number of rotatable bonds is 5. The Kier molecular flexibility index (Phi) is 5.07. The third kappa shape index (κ3) is 3.98. The van der Waals surface area contributed by atoms with E-state index >= 15 is 4.39 Å². The van der Waals surface area contributed by atoms with E-state index < -0.39 is 5.82 Å². The number of pyridine rings is 1. The summed E-state index contributed by atoms with van der Waals surface area (Å²) in [4.78, 5) is 12.3. The highest BCUT2D eigenvalue weighted by Gasteiger charge is 2.13. The van der Waals surface area contributed by atoms with E-state index in [1.165, 1.54) is 6.33 Å². The smallest absolute Gasteiger partial charge is 0.191 e. The van der Waals surface area contributed by atoms with Crippen LogP contribution in [0.25, 0.3) is 33.2 Å². The maximum absolute atomic E-state index is 15.2. The number of hydrogen-bond acceptors (Lipinski definition) is 4. The lowest BCUT2D eigenvalue weighted by Crippen LogP contribution is -2.05. The summed E-state index contributed by atoms with van der Waals surface area (Å²) in [5, 5.41) is 5.25. The molecule has 31 heavy (non-hydrogen) atoms. The quantitative estimate of drug-likeness (QED) is 0.383. The fraction of sp³-hybridized carbons (Fsp3) is 0.0385. The molecular formula is C26H19FN4. The van der Waals surface area contributed by atoms with E-state index in [-0.39, 0.29) is 11.5 Å². The van der Waals surface area contributed by atoms with Crippen LogP contribution < -0.4 is 5.32 Å². The summed E-state index contributed by atoms with van der Waals surface area (Å²) < 4.78 is 15.2. The molecule has 0 spiro atoms. The molecule has 0 aliphatic rings. The highest BCUT2D eigenvalue weighted by atomic mass is 19.1. The molecule has 3 aromatic carbocycles. The van der Waals surface area contributed by atoms with Gasteiger partial charge in [0.2, 0.25) is 0 Å². The molecule has 0 amide bonds. The highest BCUT2D eigenvalue weighted by Crippen LogP contribution is 2.27. The van der Waals surface area contributed by atoms with Gasteiger partial charge in [-0.05, 0) is 45.7 Å². The molecule has 0 saturated heterocycles. The van der Waals surface area contributed by atoms with E-state index in [9.17, 15) is 0 Å². The Bertz CT molecular complexity index is 1340. The number of halogens is 1. The standard InChI is InChI=1S/C26H19FN4/c27-24-25(23-10-9-19-3-1-2-4-22(19)15-23)30-17-31-26(24)29-16-18-5-7-20(8-6-18)21-11-13-28-14-12-21/h1-15,17H,16H2,(H,29,30,31). The minimum absolute atomic E-state index is 0.191. The van der Waals surface area contributed by atoms with E-state index in [4.69, 9.17) is 0 Å².